The Morgan fingerprint density at radius 3 is 2.77 bits per heavy atom. The van der Waals surface area contributed by atoms with Gasteiger partial charge in [-0.25, -0.2) is 4.98 Å². The summed E-state index contributed by atoms with van der Waals surface area (Å²) in [5.74, 6) is 0.915. The van der Waals surface area contributed by atoms with Crippen LogP contribution in [0.3, 0.4) is 0 Å². The molecule has 0 bridgehead atoms. The fourth-order valence-electron chi connectivity index (χ4n) is 2.31. The van der Waals surface area contributed by atoms with Crippen LogP contribution < -0.4 is 5.73 Å². The minimum Gasteiger partial charge on any atom is -0.365 e. The van der Waals surface area contributed by atoms with Crippen LogP contribution in [-0.4, -0.2) is 21.1 Å². The Balaban J connectivity index is 1.64. The molecule has 0 saturated carbocycles. The smallest absolute Gasteiger partial charge is 0.259 e. The number of nitrogens with zero attached hydrogens (tertiary/aromatic N) is 2. The number of nitrogens with one attached hydrogen (secondary N) is 1. The molecule has 0 unspecified atom stereocenters. The molecule has 0 atom stereocenters. The molecule has 5 nitrogen and oxygen atoms in total. The Kier molecular flexibility index (Phi) is 4.29. The highest BCUT2D eigenvalue weighted by Gasteiger charge is 2.15. The van der Waals surface area contributed by atoms with Gasteiger partial charge < -0.3 is 5.73 Å². The lowest BCUT2D eigenvalue weighted by Gasteiger charge is -1.99. The number of hydrogen-bond donors (Lipinski definition) is 2. The van der Waals surface area contributed by atoms with Gasteiger partial charge in [-0.1, -0.05) is 30.3 Å². The number of carbonyl (C=O) groups is 1. The first-order chi connectivity index (χ1) is 10.7. The van der Waals surface area contributed by atoms with Crippen molar-refractivity contribution in [2.24, 2.45) is 5.73 Å². The van der Waals surface area contributed by atoms with Crippen molar-refractivity contribution < 1.29 is 4.79 Å². The van der Waals surface area contributed by atoms with Gasteiger partial charge in [0.1, 0.15) is 10.7 Å². The maximum absolute atomic E-state index is 11.4. The molecule has 2 heterocycles. The van der Waals surface area contributed by atoms with Crippen LogP contribution in [-0.2, 0) is 12.8 Å². The molecule has 1 aromatic carbocycles. The molecule has 3 N–H and O–H groups in total. The summed E-state index contributed by atoms with van der Waals surface area (Å²) >= 11 is 1.31. The summed E-state index contributed by atoms with van der Waals surface area (Å²) in [6.45, 7) is 0. The fourth-order valence-corrected chi connectivity index (χ4v) is 3.05. The van der Waals surface area contributed by atoms with Crippen molar-refractivity contribution in [3.05, 3.63) is 58.0 Å². The first-order valence-corrected chi connectivity index (χ1v) is 7.95. The zero-order valence-electron chi connectivity index (χ0n) is 12.0. The zero-order chi connectivity index (χ0) is 15.4. The minimum atomic E-state index is -0.444. The van der Waals surface area contributed by atoms with Crippen molar-refractivity contribution in [3.63, 3.8) is 0 Å². The maximum atomic E-state index is 11.4. The van der Waals surface area contributed by atoms with Crippen molar-refractivity contribution in [3.8, 4) is 11.4 Å². The van der Waals surface area contributed by atoms with E-state index in [1.165, 1.54) is 16.9 Å². The van der Waals surface area contributed by atoms with Gasteiger partial charge in [-0.05, 0) is 29.9 Å². The summed E-state index contributed by atoms with van der Waals surface area (Å²) in [4.78, 5) is 16.3. The lowest BCUT2D eigenvalue weighted by atomic mass is 10.1. The van der Waals surface area contributed by atoms with E-state index in [2.05, 4.69) is 27.3 Å². The van der Waals surface area contributed by atoms with Crippen LogP contribution in [0, 0.1) is 0 Å². The molecule has 0 spiro atoms. The van der Waals surface area contributed by atoms with E-state index in [4.69, 9.17) is 5.73 Å². The first-order valence-electron chi connectivity index (χ1n) is 7.07. The Labute approximate surface area is 132 Å². The van der Waals surface area contributed by atoms with E-state index >= 15 is 0 Å². The van der Waals surface area contributed by atoms with Gasteiger partial charge in [0.25, 0.3) is 5.91 Å². The molecule has 1 amide bonds. The number of benzene rings is 1. The molecule has 22 heavy (non-hydrogen) atoms. The summed E-state index contributed by atoms with van der Waals surface area (Å²) in [6.07, 6.45) is 2.81. The number of aromatic nitrogens is 3. The number of thiophene rings is 1. The summed E-state index contributed by atoms with van der Waals surface area (Å²) in [5.41, 5.74) is 7.37. The van der Waals surface area contributed by atoms with Crippen LogP contribution in [0.4, 0.5) is 0 Å². The molecular weight excluding hydrogens is 296 g/mol. The van der Waals surface area contributed by atoms with Gasteiger partial charge in [0.05, 0.1) is 0 Å². The van der Waals surface area contributed by atoms with Crippen LogP contribution in [0.2, 0.25) is 0 Å². The quantitative estimate of drug-likeness (QED) is 0.734. The van der Waals surface area contributed by atoms with Gasteiger partial charge in [-0.15, -0.1) is 11.3 Å². The molecule has 3 aromatic rings. The number of amides is 1. The zero-order valence-corrected chi connectivity index (χ0v) is 12.8. The molecular formula is C16H16N4OS. The average molecular weight is 312 g/mol. The van der Waals surface area contributed by atoms with E-state index < -0.39 is 5.91 Å². The van der Waals surface area contributed by atoms with Gasteiger partial charge in [-0.3, -0.25) is 9.89 Å². The predicted molar refractivity (Wildman–Crippen MR) is 86.7 cm³/mol. The molecule has 0 aliphatic rings. The maximum Gasteiger partial charge on any atom is 0.259 e. The number of primary amides is 1. The standard InChI is InChI=1S/C16H16N4OS/c17-15(21)14-12(9-10-22-14)16-18-13(19-20-16)8-4-7-11-5-2-1-3-6-11/h1-3,5-6,9-10H,4,7-8H2,(H2,17,21)(H,18,19,20). The second kappa shape index (κ2) is 6.53. The lowest BCUT2D eigenvalue weighted by Crippen LogP contribution is -2.10. The predicted octanol–water partition coefficient (Wildman–Crippen LogP) is 2.81. The number of aromatic amines is 1. The number of aryl methyl sites for hydroxylation is 2. The van der Waals surface area contributed by atoms with Crippen LogP contribution in [0.1, 0.15) is 27.5 Å². The van der Waals surface area contributed by atoms with Crippen LogP contribution in [0.5, 0.6) is 0 Å². The Bertz CT molecular complexity index is 763. The molecule has 0 radical (unpaired) electrons. The normalized spacial score (nSPS) is 10.7. The molecule has 0 saturated heterocycles. The van der Waals surface area contributed by atoms with Crippen molar-refractivity contribution in [2.75, 3.05) is 0 Å². The monoisotopic (exact) mass is 312 g/mol. The number of carbonyl (C=O) groups excluding carboxylic acids is 1. The van der Waals surface area contributed by atoms with Crippen LogP contribution >= 0.6 is 11.3 Å². The largest absolute Gasteiger partial charge is 0.365 e. The van der Waals surface area contributed by atoms with E-state index in [0.717, 1.165) is 25.1 Å². The van der Waals surface area contributed by atoms with E-state index in [9.17, 15) is 4.79 Å². The van der Waals surface area contributed by atoms with Crippen LogP contribution in [0.25, 0.3) is 11.4 Å². The SMILES string of the molecule is NC(=O)c1sccc1-c1n[nH]c(CCCc2ccccc2)n1. The summed E-state index contributed by atoms with van der Waals surface area (Å²) in [7, 11) is 0. The van der Waals surface area contributed by atoms with Crippen LogP contribution in [0.15, 0.2) is 41.8 Å². The van der Waals surface area contributed by atoms with E-state index in [-0.39, 0.29) is 0 Å². The summed E-state index contributed by atoms with van der Waals surface area (Å²) in [5, 5.41) is 8.95. The third-order valence-electron chi connectivity index (χ3n) is 3.38. The van der Waals surface area contributed by atoms with E-state index in [1.54, 1.807) is 0 Å². The van der Waals surface area contributed by atoms with Gasteiger partial charge in [-0.2, -0.15) is 5.10 Å². The third kappa shape index (κ3) is 3.23. The molecule has 112 valence electrons. The molecule has 0 fully saturated rings. The number of H-pyrrole nitrogens is 1. The molecule has 0 aliphatic carbocycles. The first kappa shape index (κ1) is 14.5. The number of rotatable bonds is 6. The Hall–Kier alpha value is -2.47. The van der Waals surface area contributed by atoms with Gasteiger partial charge in [0.15, 0.2) is 5.82 Å². The minimum absolute atomic E-state index is 0.444. The Morgan fingerprint density at radius 2 is 2.00 bits per heavy atom. The molecule has 0 aliphatic heterocycles. The van der Waals surface area contributed by atoms with Gasteiger partial charge in [0, 0.05) is 12.0 Å². The van der Waals surface area contributed by atoms with Crippen molar-refractivity contribution in [2.45, 2.75) is 19.3 Å². The molecule has 3 rings (SSSR count). The highest BCUT2D eigenvalue weighted by molar-refractivity contribution is 7.12. The van der Waals surface area contributed by atoms with Crippen molar-refractivity contribution in [1.29, 1.82) is 0 Å². The molecule has 6 heteroatoms. The van der Waals surface area contributed by atoms with Gasteiger partial charge >= 0.3 is 0 Å². The highest BCUT2D eigenvalue weighted by Crippen LogP contribution is 2.25. The number of hydrogen-bond acceptors (Lipinski definition) is 4. The van der Waals surface area contributed by atoms with Crippen molar-refractivity contribution >= 4 is 17.2 Å². The Morgan fingerprint density at radius 1 is 1.18 bits per heavy atom. The van der Waals surface area contributed by atoms with Crippen molar-refractivity contribution in [1.82, 2.24) is 15.2 Å². The van der Waals surface area contributed by atoms with Gasteiger partial charge in [0.2, 0.25) is 0 Å². The topological polar surface area (TPSA) is 84.7 Å². The van der Waals surface area contributed by atoms with E-state index in [1.807, 2.05) is 29.6 Å². The highest BCUT2D eigenvalue weighted by atomic mass is 32.1. The fraction of sp³-hybridized carbons (Fsp3) is 0.188. The average Bonchev–Trinajstić information content (AvgIpc) is 3.17. The summed E-state index contributed by atoms with van der Waals surface area (Å²) in [6, 6.07) is 12.2. The third-order valence-corrected chi connectivity index (χ3v) is 4.31. The van der Waals surface area contributed by atoms with E-state index in [0.29, 0.717) is 16.3 Å². The second-order valence-electron chi connectivity index (χ2n) is 4.97. The number of nitrogens with two attached hydrogens (primary N) is 1. The molecule has 2 aromatic heterocycles. The summed E-state index contributed by atoms with van der Waals surface area (Å²) < 4.78 is 0. The second-order valence-corrected chi connectivity index (χ2v) is 5.89. The lowest BCUT2D eigenvalue weighted by molar-refractivity contribution is 0.100.